The molecule has 1 aliphatic carbocycles. The minimum absolute atomic E-state index is 0.110. The molecule has 3 rings (SSSR count). The first-order chi connectivity index (χ1) is 12.4. The highest BCUT2D eigenvalue weighted by molar-refractivity contribution is 7.88. The van der Waals surface area contributed by atoms with E-state index in [1.807, 2.05) is 24.3 Å². The highest BCUT2D eigenvalue weighted by Crippen LogP contribution is 2.45. The van der Waals surface area contributed by atoms with Crippen molar-refractivity contribution >= 4 is 16.1 Å². The Balaban J connectivity index is 1.63. The molecular formula is C18H27N3O4S. The van der Waals surface area contributed by atoms with E-state index in [0.717, 1.165) is 49.7 Å². The van der Waals surface area contributed by atoms with Gasteiger partial charge in [-0.2, -0.15) is 0 Å². The Morgan fingerprint density at radius 1 is 1.19 bits per heavy atom. The molecular weight excluding hydrogens is 354 g/mol. The van der Waals surface area contributed by atoms with Gasteiger partial charge in [0.1, 0.15) is 11.4 Å². The number of para-hydroxylation sites is 1. The second-order valence-electron chi connectivity index (χ2n) is 7.21. The third-order valence-electron chi connectivity index (χ3n) is 5.04. The van der Waals surface area contributed by atoms with Gasteiger partial charge in [0.2, 0.25) is 10.0 Å². The predicted molar refractivity (Wildman–Crippen MR) is 99.6 cm³/mol. The SMILES string of the molecule is CS(=O)(=O)NCCNC(=O)NC1CC2(CCCCC2)Oc2ccccc21. The molecule has 1 aromatic rings. The zero-order valence-corrected chi connectivity index (χ0v) is 15.9. The van der Waals surface area contributed by atoms with Crippen molar-refractivity contribution in [3.05, 3.63) is 29.8 Å². The van der Waals surface area contributed by atoms with Crippen LogP contribution in [0.25, 0.3) is 0 Å². The van der Waals surface area contributed by atoms with E-state index in [4.69, 9.17) is 4.74 Å². The van der Waals surface area contributed by atoms with Gasteiger partial charge in [0, 0.05) is 25.1 Å². The van der Waals surface area contributed by atoms with Crippen molar-refractivity contribution in [2.75, 3.05) is 19.3 Å². The third kappa shape index (κ3) is 4.88. The Morgan fingerprint density at radius 3 is 2.65 bits per heavy atom. The van der Waals surface area contributed by atoms with Crippen LogP contribution in [0.15, 0.2) is 24.3 Å². The van der Waals surface area contributed by atoms with Gasteiger partial charge in [0.05, 0.1) is 12.3 Å². The molecule has 1 atom stereocenters. The molecule has 2 amide bonds. The number of urea groups is 1. The summed E-state index contributed by atoms with van der Waals surface area (Å²) in [4.78, 5) is 12.3. The lowest BCUT2D eigenvalue weighted by molar-refractivity contribution is -0.00118. The molecule has 1 unspecified atom stereocenters. The summed E-state index contributed by atoms with van der Waals surface area (Å²) >= 11 is 0. The molecule has 0 saturated heterocycles. The number of hydrogen-bond acceptors (Lipinski definition) is 4. The van der Waals surface area contributed by atoms with Gasteiger partial charge in [-0.05, 0) is 31.7 Å². The summed E-state index contributed by atoms with van der Waals surface area (Å²) in [6.07, 6.45) is 7.42. The molecule has 1 heterocycles. The van der Waals surface area contributed by atoms with Gasteiger partial charge in [-0.15, -0.1) is 0 Å². The molecule has 7 nitrogen and oxygen atoms in total. The molecule has 1 saturated carbocycles. The maximum absolute atomic E-state index is 12.3. The number of fused-ring (bicyclic) bond motifs is 1. The second kappa shape index (κ2) is 7.84. The maximum atomic E-state index is 12.3. The topological polar surface area (TPSA) is 96.5 Å². The van der Waals surface area contributed by atoms with Crippen LogP contribution in [0, 0.1) is 0 Å². The summed E-state index contributed by atoms with van der Waals surface area (Å²) in [6, 6.07) is 7.45. The molecule has 3 N–H and O–H groups in total. The predicted octanol–water partition coefficient (Wildman–Crippen LogP) is 2.06. The lowest BCUT2D eigenvalue weighted by atomic mass is 9.77. The summed E-state index contributed by atoms with van der Waals surface area (Å²) in [6.45, 7) is 0.398. The lowest BCUT2D eigenvalue weighted by Crippen LogP contribution is -2.48. The van der Waals surface area contributed by atoms with Crippen LogP contribution in [0.5, 0.6) is 5.75 Å². The van der Waals surface area contributed by atoms with Gasteiger partial charge in [-0.1, -0.05) is 24.6 Å². The highest BCUT2D eigenvalue weighted by Gasteiger charge is 2.42. The summed E-state index contributed by atoms with van der Waals surface area (Å²) < 4.78 is 30.8. The molecule has 144 valence electrons. The average molecular weight is 381 g/mol. The number of carbonyl (C=O) groups excluding carboxylic acids is 1. The Hall–Kier alpha value is -1.80. The van der Waals surface area contributed by atoms with Gasteiger partial charge >= 0.3 is 6.03 Å². The van der Waals surface area contributed by atoms with Crippen LogP contribution in [0.1, 0.15) is 50.1 Å². The van der Waals surface area contributed by atoms with Gasteiger partial charge in [-0.25, -0.2) is 17.9 Å². The van der Waals surface area contributed by atoms with Crippen LogP contribution in [0.4, 0.5) is 4.79 Å². The fraction of sp³-hybridized carbons (Fsp3) is 0.611. The first kappa shape index (κ1) is 19.0. The van der Waals surface area contributed by atoms with Crippen LogP contribution in [-0.2, 0) is 10.0 Å². The molecule has 1 spiro atoms. The fourth-order valence-corrected chi connectivity index (χ4v) is 4.34. The van der Waals surface area contributed by atoms with Gasteiger partial charge < -0.3 is 15.4 Å². The van der Waals surface area contributed by atoms with E-state index in [2.05, 4.69) is 15.4 Å². The monoisotopic (exact) mass is 381 g/mol. The molecule has 0 aromatic heterocycles. The number of hydrogen-bond donors (Lipinski definition) is 3. The second-order valence-corrected chi connectivity index (χ2v) is 9.04. The first-order valence-electron chi connectivity index (χ1n) is 9.14. The van der Waals surface area contributed by atoms with Crippen molar-refractivity contribution < 1.29 is 17.9 Å². The Bertz CT molecular complexity index is 745. The van der Waals surface area contributed by atoms with E-state index < -0.39 is 10.0 Å². The Morgan fingerprint density at radius 2 is 1.92 bits per heavy atom. The van der Waals surface area contributed by atoms with Gasteiger partial charge in [0.15, 0.2) is 0 Å². The number of nitrogens with one attached hydrogen (secondary N) is 3. The quantitative estimate of drug-likeness (QED) is 0.680. The number of amides is 2. The minimum Gasteiger partial charge on any atom is -0.487 e. The normalized spacial score (nSPS) is 21.5. The average Bonchev–Trinajstić information content (AvgIpc) is 2.58. The first-order valence-corrected chi connectivity index (χ1v) is 11.0. The van der Waals surface area contributed by atoms with Crippen molar-refractivity contribution in [2.24, 2.45) is 0 Å². The lowest BCUT2D eigenvalue weighted by Gasteiger charge is -2.44. The zero-order valence-electron chi connectivity index (χ0n) is 15.1. The minimum atomic E-state index is -3.25. The molecule has 8 heteroatoms. The van der Waals surface area contributed by atoms with Crippen molar-refractivity contribution in [1.82, 2.24) is 15.4 Å². The van der Waals surface area contributed by atoms with Gasteiger partial charge in [-0.3, -0.25) is 0 Å². The van der Waals surface area contributed by atoms with Crippen LogP contribution in [0.3, 0.4) is 0 Å². The standard InChI is InChI=1S/C18H27N3O4S/c1-26(23,24)20-12-11-19-17(22)21-15-13-18(9-5-2-6-10-18)25-16-8-4-3-7-14(15)16/h3-4,7-8,15,20H,2,5-6,9-13H2,1H3,(H2,19,21,22). The molecule has 26 heavy (non-hydrogen) atoms. The molecule has 1 fully saturated rings. The van der Waals surface area contributed by atoms with Crippen molar-refractivity contribution in [3.63, 3.8) is 0 Å². The zero-order chi connectivity index (χ0) is 18.6. The molecule has 1 aromatic carbocycles. The van der Waals surface area contributed by atoms with E-state index in [9.17, 15) is 13.2 Å². The van der Waals surface area contributed by atoms with Crippen molar-refractivity contribution in [1.29, 1.82) is 0 Å². The van der Waals surface area contributed by atoms with E-state index in [-0.39, 0.29) is 30.8 Å². The van der Waals surface area contributed by atoms with Crippen LogP contribution >= 0.6 is 0 Å². The van der Waals surface area contributed by atoms with Crippen LogP contribution in [-0.4, -0.2) is 39.4 Å². The number of ether oxygens (including phenoxy) is 1. The van der Waals surface area contributed by atoms with Gasteiger partial charge in [0.25, 0.3) is 0 Å². The molecule has 2 aliphatic rings. The summed E-state index contributed by atoms with van der Waals surface area (Å²) in [5.41, 5.74) is 0.802. The number of benzene rings is 1. The number of carbonyl (C=O) groups is 1. The summed E-state index contributed by atoms with van der Waals surface area (Å²) in [7, 11) is -3.25. The number of sulfonamides is 1. The van der Waals surface area contributed by atoms with E-state index in [1.54, 1.807) is 0 Å². The third-order valence-corrected chi connectivity index (χ3v) is 5.77. The van der Waals surface area contributed by atoms with E-state index >= 15 is 0 Å². The summed E-state index contributed by atoms with van der Waals surface area (Å²) in [5, 5.41) is 5.74. The van der Waals surface area contributed by atoms with Crippen molar-refractivity contribution in [3.8, 4) is 5.75 Å². The van der Waals surface area contributed by atoms with Crippen LogP contribution in [0.2, 0.25) is 0 Å². The fourth-order valence-electron chi connectivity index (χ4n) is 3.87. The largest absolute Gasteiger partial charge is 0.487 e. The molecule has 0 bridgehead atoms. The number of rotatable bonds is 5. The Kier molecular flexibility index (Phi) is 5.72. The highest BCUT2D eigenvalue weighted by atomic mass is 32.2. The molecule has 1 aliphatic heterocycles. The Labute approximate surface area is 154 Å². The van der Waals surface area contributed by atoms with E-state index in [0.29, 0.717) is 0 Å². The van der Waals surface area contributed by atoms with Crippen LogP contribution < -0.4 is 20.1 Å². The summed E-state index contributed by atoms with van der Waals surface area (Å²) in [5.74, 6) is 0.852. The van der Waals surface area contributed by atoms with E-state index in [1.165, 1.54) is 6.42 Å². The maximum Gasteiger partial charge on any atom is 0.315 e. The smallest absolute Gasteiger partial charge is 0.315 e. The molecule has 0 radical (unpaired) electrons. The van der Waals surface area contributed by atoms with Crippen molar-refractivity contribution in [2.45, 2.75) is 50.2 Å².